The number of hydrogen-bond acceptors (Lipinski definition) is 6. The number of carbonyl (C=O) groups is 2. The lowest BCUT2D eigenvalue weighted by molar-refractivity contribution is -0.117. The third-order valence-electron chi connectivity index (χ3n) is 4.86. The van der Waals surface area contributed by atoms with E-state index in [-0.39, 0.29) is 18.4 Å². The van der Waals surface area contributed by atoms with E-state index in [0.29, 0.717) is 35.2 Å². The van der Waals surface area contributed by atoms with Gasteiger partial charge in [0.15, 0.2) is 0 Å². The van der Waals surface area contributed by atoms with Gasteiger partial charge in [0.2, 0.25) is 5.91 Å². The van der Waals surface area contributed by atoms with Crippen molar-refractivity contribution >= 4 is 50.6 Å². The quantitative estimate of drug-likeness (QED) is 0.727. The molecule has 1 aliphatic heterocycles. The first kappa shape index (κ1) is 16.2. The minimum absolute atomic E-state index is 0.0180. The van der Waals surface area contributed by atoms with Gasteiger partial charge in [-0.25, -0.2) is 9.97 Å². The monoisotopic (exact) mass is 379 g/mol. The minimum atomic E-state index is -0.251. The molecule has 136 valence electrons. The van der Waals surface area contributed by atoms with Gasteiger partial charge in [0, 0.05) is 18.4 Å². The minimum Gasteiger partial charge on any atom is -0.359 e. The molecule has 1 aliphatic carbocycles. The Labute approximate surface area is 159 Å². The van der Waals surface area contributed by atoms with E-state index in [4.69, 9.17) is 0 Å². The molecule has 2 amide bonds. The molecule has 5 rings (SSSR count). The van der Waals surface area contributed by atoms with Crippen molar-refractivity contribution < 1.29 is 9.59 Å². The fourth-order valence-corrected chi connectivity index (χ4v) is 3.92. The number of benzene rings is 1. The molecule has 27 heavy (non-hydrogen) atoms. The van der Waals surface area contributed by atoms with Crippen molar-refractivity contribution in [2.24, 2.45) is 5.92 Å². The van der Waals surface area contributed by atoms with Crippen molar-refractivity contribution in [3.63, 3.8) is 0 Å². The number of anilines is 3. The van der Waals surface area contributed by atoms with Crippen LogP contribution in [-0.2, 0) is 4.79 Å². The van der Waals surface area contributed by atoms with Gasteiger partial charge in [0.1, 0.15) is 5.82 Å². The molecule has 1 saturated carbocycles. The SMILES string of the molecule is O=C(Nc1ccc2ncsc2c1)c1cnc2c(c1)N(CC1CC1)C(=O)CN2. The highest BCUT2D eigenvalue weighted by Crippen LogP contribution is 2.35. The lowest BCUT2D eigenvalue weighted by Gasteiger charge is -2.29. The van der Waals surface area contributed by atoms with Crippen LogP contribution in [0.5, 0.6) is 0 Å². The Balaban J connectivity index is 1.41. The van der Waals surface area contributed by atoms with Crippen molar-refractivity contribution in [3.8, 4) is 0 Å². The Morgan fingerprint density at radius 3 is 3.04 bits per heavy atom. The van der Waals surface area contributed by atoms with Gasteiger partial charge in [-0.1, -0.05) is 0 Å². The van der Waals surface area contributed by atoms with E-state index in [1.54, 1.807) is 16.5 Å². The molecule has 0 spiro atoms. The van der Waals surface area contributed by atoms with Crippen molar-refractivity contribution in [2.45, 2.75) is 12.8 Å². The first-order chi connectivity index (χ1) is 13.2. The van der Waals surface area contributed by atoms with E-state index in [9.17, 15) is 9.59 Å². The van der Waals surface area contributed by atoms with E-state index in [1.807, 2.05) is 18.2 Å². The molecule has 3 aromatic rings. The van der Waals surface area contributed by atoms with Crippen LogP contribution in [-0.4, -0.2) is 34.9 Å². The highest BCUT2D eigenvalue weighted by atomic mass is 32.1. The van der Waals surface area contributed by atoms with Crippen LogP contribution in [0.15, 0.2) is 36.0 Å². The summed E-state index contributed by atoms with van der Waals surface area (Å²) in [5.41, 5.74) is 4.51. The molecule has 2 N–H and O–H groups in total. The molecule has 2 aliphatic rings. The smallest absolute Gasteiger partial charge is 0.257 e. The summed E-state index contributed by atoms with van der Waals surface area (Å²) < 4.78 is 1.02. The molecule has 3 heterocycles. The lowest BCUT2D eigenvalue weighted by atomic mass is 10.1. The molecular weight excluding hydrogens is 362 g/mol. The maximum Gasteiger partial charge on any atom is 0.257 e. The van der Waals surface area contributed by atoms with Crippen LogP contribution in [0.25, 0.3) is 10.2 Å². The average molecular weight is 379 g/mol. The molecule has 0 bridgehead atoms. The zero-order valence-corrected chi connectivity index (χ0v) is 15.3. The molecule has 0 unspecified atom stereocenters. The van der Waals surface area contributed by atoms with Crippen LogP contribution >= 0.6 is 11.3 Å². The van der Waals surface area contributed by atoms with E-state index in [0.717, 1.165) is 23.1 Å². The molecule has 0 saturated heterocycles. The molecule has 7 nitrogen and oxygen atoms in total. The van der Waals surface area contributed by atoms with Gasteiger partial charge in [0.25, 0.3) is 5.91 Å². The maximum absolute atomic E-state index is 12.7. The summed E-state index contributed by atoms with van der Waals surface area (Å²) >= 11 is 1.53. The van der Waals surface area contributed by atoms with Crippen molar-refractivity contribution in [2.75, 3.05) is 28.6 Å². The Morgan fingerprint density at radius 1 is 1.30 bits per heavy atom. The van der Waals surface area contributed by atoms with Crippen molar-refractivity contribution in [1.29, 1.82) is 0 Å². The van der Waals surface area contributed by atoms with Gasteiger partial charge < -0.3 is 15.5 Å². The number of hydrogen-bond donors (Lipinski definition) is 2. The predicted octanol–water partition coefficient (Wildman–Crippen LogP) is 3.11. The maximum atomic E-state index is 12.7. The van der Waals surface area contributed by atoms with E-state index in [2.05, 4.69) is 20.6 Å². The third-order valence-corrected chi connectivity index (χ3v) is 5.65. The van der Waals surface area contributed by atoms with Gasteiger partial charge in [0.05, 0.1) is 33.5 Å². The van der Waals surface area contributed by atoms with Gasteiger partial charge >= 0.3 is 0 Å². The number of fused-ring (bicyclic) bond motifs is 2. The van der Waals surface area contributed by atoms with Crippen LogP contribution in [0, 0.1) is 5.92 Å². The van der Waals surface area contributed by atoms with Crippen molar-refractivity contribution in [1.82, 2.24) is 9.97 Å². The number of nitrogens with zero attached hydrogens (tertiary/aromatic N) is 3. The first-order valence-electron chi connectivity index (χ1n) is 8.86. The zero-order chi connectivity index (χ0) is 18.4. The molecule has 8 heteroatoms. The largest absolute Gasteiger partial charge is 0.359 e. The average Bonchev–Trinajstić information content (AvgIpc) is 3.38. The highest BCUT2D eigenvalue weighted by Gasteiger charge is 2.32. The fraction of sp³-hybridized carbons (Fsp3) is 0.263. The number of amides is 2. The summed E-state index contributed by atoms with van der Waals surface area (Å²) in [7, 11) is 0. The normalized spacial score (nSPS) is 16.1. The third kappa shape index (κ3) is 3.12. The van der Waals surface area contributed by atoms with Crippen LogP contribution in [0.4, 0.5) is 17.2 Å². The van der Waals surface area contributed by atoms with Crippen LogP contribution in [0.1, 0.15) is 23.2 Å². The predicted molar refractivity (Wildman–Crippen MR) is 105 cm³/mol. The summed E-state index contributed by atoms with van der Waals surface area (Å²) in [6, 6.07) is 7.36. The molecule has 0 atom stereocenters. The molecule has 0 radical (unpaired) electrons. The van der Waals surface area contributed by atoms with Gasteiger partial charge in [-0.3, -0.25) is 9.59 Å². The van der Waals surface area contributed by atoms with E-state index >= 15 is 0 Å². The standard InChI is InChI=1S/C19H17N5O2S/c25-17-8-21-18-15(24(17)9-11-1-2-11)5-12(7-20-18)19(26)23-13-3-4-14-16(6-13)27-10-22-14/h3-7,10-11H,1-2,8-9H2,(H,20,21)(H,23,26). The number of carbonyl (C=O) groups excluding carboxylic acids is 2. The van der Waals surface area contributed by atoms with Crippen LogP contribution < -0.4 is 15.5 Å². The van der Waals surface area contributed by atoms with Gasteiger partial charge in [-0.05, 0) is 43.0 Å². The Bertz CT molecular complexity index is 1060. The lowest BCUT2D eigenvalue weighted by Crippen LogP contribution is -2.41. The molecule has 1 fully saturated rings. The Kier molecular flexibility index (Phi) is 3.78. The van der Waals surface area contributed by atoms with E-state index < -0.39 is 0 Å². The second-order valence-corrected chi connectivity index (χ2v) is 7.77. The summed E-state index contributed by atoms with van der Waals surface area (Å²) in [6.45, 7) is 0.940. The Morgan fingerprint density at radius 2 is 2.19 bits per heavy atom. The fourth-order valence-electron chi connectivity index (χ4n) is 3.20. The van der Waals surface area contributed by atoms with Crippen LogP contribution in [0.3, 0.4) is 0 Å². The second-order valence-electron chi connectivity index (χ2n) is 6.88. The number of thiazole rings is 1. The second kappa shape index (κ2) is 6.31. The first-order valence-corrected chi connectivity index (χ1v) is 9.74. The summed E-state index contributed by atoms with van der Waals surface area (Å²) in [5.74, 6) is 0.976. The molecule has 2 aromatic heterocycles. The number of nitrogens with one attached hydrogen (secondary N) is 2. The van der Waals surface area contributed by atoms with Gasteiger partial charge in [-0.2, -0.15) is 0 Å². The van der Waals surface area contributed by atoms with Crippen LogP contribution in [0.2, 0.25) is 0 Å². The summed E-state index contributed by atoms with van der Waals surface area (Å²) in [6.07, 6.45) is 3.85. The van der Waals surface area contributed by atoms with E-state index in [1.165, 1.54) is 17.5 Å². The topological polar surface area (TPSA) is 87.2 Å². The molecule has 1 aromatic carbocycles. The van der Waals surface area contributed by atoms with Crippen molar-refractivity contribution in [3.05, 3.63) is 41.5 Å². The zero-order valence-electron chi connectivity index (χ0n) is 14.4. The summed E-state index contributed by atoms with van der Waals surface area (Å²) in [5, 5.41) is 5.93. The highest BCUT2D eigenvalue weighted by molar-refractivity contribution is 7.16. The molecular formula is C19H17N5O2S. The number of pyridine rings is 1. The van der Waals surface area contributed by atoms with Gasteiger partial charge in [-0.15, -0.1) is 11.3 Å². The number of aromatic nitrogens is 2. The Hall–Kier alpha value is -3.00. The number of rotatable bonds is 4. The summed E-state index contributed by atoms with van der Waals surface area (Å²) in [4.78, 5) is 35.4.